The smallest absolute Gasteiger partial charge is 0.232 e. The van der Waals surface area contributed by atoms with Crippen molar-refractivity contribution in [2.45, 2.75) is 50.0 Å². The second kappa shape index (κ2) is 8.90. The third-order valence-electron chi connectivity index (χ3n) is 6.71. The minimum absolute atomic E-state index is 0.0653. The lowest BCUT2D eigenvalue weighted by Gasteiger charge is -2.46. The Hall–Kier alpha value is -3.33. The molecule has 0 saturated carbocycles. The van der Waals surface area contributed by atoms with Crippen molar-refractivity contribution in [2.75, 3.05) is 19.1 Å². The number of phenols is 1. The number of piperidine rings is 2. The summed E-state index contributed by atoms with van der Waals surface area (Å²) >= 11 is 0. The van der Waals surface area contributed by atoms with Crippen LogP contribution in [-0.2, 0) is 0 Å². The molecule has 9 heteroatoms. The van der Waals surface area contributed by atoms with Crippen LogP contribution < -0.4 is 15.0 Å². The van der Waals surface area contributed by atoms with Gasteiger partial charge in [-0.15, -0.1) is 10.2 Å². The molecule has 2 aromatic heterocycles. The molecule has 2 N–H and O–H groups in total. The van der Waals surface area contributed by atoms with Crippen molar-refractivity contribution in [1.82, 2.24) is 25.5 Å². The van der Waals surface area contributed by atoms with Gasteiger partial charge in [-0.25, -0.2) is 14.4 Å². The quantitative estimate of drug-likeness (QED) is 0.611. The molecule has 2 aliphatic rings. The van der Waals surface area contributed by atoms with Crippen molar-refractivity contribution in [1.29, 1.82) is 0 Å². The monoisotopic (exact) mass is 450 g/mol. The number of benzene rings is 1. The number of rotatable bonds is 5. The zero-order chi connectivity index (χ0) is 22.9. The zero-order valence-corrected chi connectivity index (χ0v) is 18.6. The molecule has 2 fully saturated rings. The Bertz CT molecular complexity index is 1110. The van der Waals surface area contributed by atoms with E-state index in [1.54, 1.807) is 24.4 Å². The standard InChI is InChI=1S/C24H27FN6O2/c1-31(20-11-15-4-3-5-18(28-15)24(20)25)22-9-8-17(29-30-22)16-7-6-14(10-21(16)32)19-12-27-23(33-2)13-26-19/h6-10,12-13,15,18,20,24,28,32H,3-5,11H2,1-2H3/t15-,18+,20-,24+/m1/s1. The molecule has 0 aliphatic carbocycles. The molecule has 0 radical (unpaired) electrons. The Morgan fingerprint density at radius 2 is 1.97 bits per heavy atom. The highest BCUT2D eigenvalue weighted by Gasteiger charge is 2.41. The second-order valence-corrected chi connectivity index (χ2v) is 8.71. The first-order chi connectivity index (χ1) is 16.0. The molecular weight excluding hydrogens is 423 g/mol. The fourth-order valence-electron chi connectivity index (χ4n) is 4.86. The summed E-state index contributed by atoms with van der Waals surface area (Å²) in [6.07, 6.45) is 5.99. The minimum atomic E-state index is -0.939. The number of aromatic nitrogens is 4. The molecule has 5 rings (SSSR count). The van der Waals surface area contributed by atoms with Gasteiger partial charge in [-0.2, -0.15) is 0 Å². The van der Waals surface area contributed by atoms with Crippen LogP contribution in [0.1, 0.15) is 25.7 Å². The maximum atomic E-state index is 15.1. The molecule has 1 aromatic carbocycles. The molecule has 0 spiro atoms. The minimum Gasteiger partial charge on any atom is -0.507 e. The summed E-state index contributed by atoms with van der Waals surface area (Å²) in [4.78, 5) is 10.3. The van der Waals surface area contributed by atoms with Gasteiger partial charge in [-0.3, -0.25) is 0 Å². The summed E-state index contributed by atoms with van der Waals surface area (Å²) < 4.78 is 20.1. The number of ether oxygens (including phenoxy) is 1. The van der Waals surface area contributed by atoms with Crippen LogP contribution in [0.25, 0.3) is 22.5 Å². The lowest BCUT2D eigenvalue weighted by Crippen LogP contribution is -2.61. The van der Waals surface area contributed by atoms with E-state index in [2.05, 4.69) is 25.5 Å². The second-order valence-electron chi connectivity index (χ2n) is 8.71. The molecule has 2 saturated heterocycles. The summed E-state index contributed by atoms with van der Waals surface area (Å²) in [5.41, 5.74) is 2.44. The number of hydrogen-bond acceptors (Lipinski definition) is 8. The highest BCUT2D eigenvalue weighted by molar-refractivity contribution is 5.73. The number of anilines is 1. The number of hydrogen-bond donors (Lipinski definition) is 2. The summed E-state index contributed by atoms with van der Waals surface area (Å²) in [5, 5.41) is 22.7. The summed E-state index contributed by atoms with van der Waals surface area (Å²) in [6.45, 7) is 0. The summed E-state index contributed by atoms with van der Waals surface area (Å²) in [7, 11) is 3.41. The third-order valence-corrected chi connectivity index (χ3v) is 6.71. The van der Waals surface area contributed by atoms with Gasteiger partial charge in [0, 0.05) is 30.3 Å². The SMILES string of the molecule is COc1cnc(-c2ccc(-c3ccc(N(C)[C@@H]4C[C@H]5CCC[C@H](N5)[C@@H]4F)nn3)c(O)c2)cn1. The molecule has 2 aliphatic heterocycles. The molecule has 0 amide bonds. The predicted molar refractivity (Wildman–Crippen MR) is 123 cm³/mol. The average molecular weight is 451 g/mol. The van der Waals surface area contributed by atoms with Crippen LogP contribution in [0.15, 0.2) is 42.7 Å². The first-order valence-corrected chi connectivity index (χ1v) is 11.2. The first-order valence-electron chi connectivity index (χ1n) is 11.2. The molecule has 4 atom stereocenters. The van der Waals surface area contributed by atoms with Crippen LogP contribution in [0.5, 0.6) is 11.6 Å². The Morgan fingerprint density at radius 1 is 1.09 bits per heavy atom. The lowest BCUT2D eigenvalue weighted by molar-refractivity contribution is 0.107. The van der Waals surface area contributed by atoms with Gasteiger partial charge < -0.3 is 20.1 Å². The summed E-state index contributed by atoms with van der Waals surface area (Å²) in [6, 6.07) is 8.93. The van der Waals surface area contributed by atoms with E-state index in [9.17, 15) is 5.11 Å². The maximum Gasteiger partial charge on any atom is 0.232 e. The van der Waals surface area contributed by atoms with Gasteiger partial charge in [0.2, 0.25) is 5.88 Å². The molecule has 3 aromatic rings. The van der Waals surface area contributed by atoms with E-state index in [0.29, 0.717) is 34.7 Å². The van der Waals surface area contributed by atoms with E-state index >= 15 is 4.39 Å². The average Bonchev–Trinajstić information content (AvgIpc) is 2.86. The Kier molecular flexibility index (Phi) is 5.80. The summed E-state index contributed by atoms with van der Waals surface area (Å²) in [5.74, 6) is 1.11. The maximum absolute atomic E-state index is 15.1. The van der Waals surface area contributed by atoms with E-state index in [0.717, 1.165) is 31.2 Å². The van der Waals surface area contributed by atoms with Crippen molar-refractivity contribution in [3.05, 3.63) is 42.7 Å². The van der Waals surface area contributed by atoms with Gasteiger partial charge in [0.05, 0.1) is 36.9 Å². The largest absolute Gasteiger partial charge is 0.507 e. The van der Waals surface area contributed by atoms with Crippen LogP contribution in [-0.4, -0.2) is 63.7 Å². The van der Waals surface area contributed by atoms with Crippen LogP contribution in [0.2, 0.25) is 0 Å². The zero-order valence-electron chi connectivity index (χ0n) is 18.6. The highest BCUT2D eigenvalue weighted by Crippen LogP contribution is 2.34. The van der Waals surface area contributed by atoms with Crippen molar-refractivity contribution in [3.8, 4) is 34.1 Å². The van der Waals surface area contributed by atoms with Crippen LogP contribution in [0.3, 0.4) is 0 Å². The number of fused-ring (bicyclic) bond motifs is 2. The number of halogens is 1. The van der Waals surface area contributed by atoms with Crippen LogP contribution in [0.4, 0.5) is 10.2 Å². The van der Waals surface area contributed by atoms with Crippen molar-refractivity contribution in [3.63, 3.8) is 0 Å². The van der Waals surface area contributed by atoms with Gasteiger partial charge in [-0.05, 0) is 43.5 Å². The molecule has 33 heavy (non-hydrogen) atoms. The predicted octanol–water partition coefficient (Wildman–Crippen LogP) is 3.37. The lowest BCUT2D eigenvalue weighted by atomic mass is 9.82. The van der Waals surface area contributed by atoms with Crippen molar-refractivity contribution < 1.29 is 14.2 Å². The number of methoxy groups -OCH3 is 1. The fourth-order valence-corrected chi connectivity index (χ4v) is 4.86. The van der Waals surface area contributed by atoms with Crippen molar-refractivity contribution in [2.24, 2.45) is 0 Å². The Morgan fingerprint density at radius 3 is 2.67 bits per heavy atom. The van der Waals surface area contributed by atoms with E-state index in [1.165, 1.54) is 13.3 Å². The Balaban J connectivity index is 1.33. The molecule has 8 nitrogen and oxygen atoms in total. The Labute approximate surface area is 191 Å². The molecule has 4 heterocycles. The van der Waals surface area contributed by atoms with Gasteiger partial charge in [0.15, 0.2) is 5.82 Å². The van der Waals surface area contributed by atoms with E-state index in [1.807, 2.05) is 24.1 Å². The number of aromatic hydroxyl groups is 1. The highest BCUT2D eigenvalue weighted by atomic mass is 19.1. The van der Waals surface area contributed by atoms with Crippen LogP contribution >= 0.6 is 0 Å². The number of alkyl halides is 1. The van der Waals surface area contributed by atoms with E-state index in [4.69, 9.17) is 4.74 Å². The van der Waals surface area contributed by atoms with Crippen LogP contribution in [0, 0.1) is 0 Å². The van der Waals surface area contributed by atoms with E-state index < -0.39 is 6.17 Å². The normalized spacial score (nSPS) is 24.3. The molecule has 172 valence electrons. The number of nitrogens with zero attached hydrogens (tertiary/aromatic N) is 5. The molecule has 2 bridgehead atoms. The first kappa shape index (κ1) is 21.5. The van der Waals surface area contributed by atoms with Gasteiger partial charge in [0.25, 0.3) is 0 Å². The van der Waals surface area contributed by atoms with Gasteiger partial charge >= 0.3 is 0 Å². The third kappa shape index (κ3) is 4.20. The number of phenolic OH excluding ortho intramolecular Hbond substituents is 1. The van der Waals surface area contributed by atoms with Crippen molar-refractivity contribution >= 4 is 5.82 Å². The number of nitrogens with one attached hydrogen (secondary N) is 1. The fraction of sp³-hybridized carbons (Fsp3) is 0.417. The molecule has 0 unspecified atom stereocenters. The van der Waals surface area contributed by atoms with Gasteiger partial charge in [0.1, 0.15) is 11.9 Å². The van der Waals surface area contributed by atoms with E-state index in [-0.39, 0.29) is 17.8 Å². The van der Waals surface area contributed by atoms with Gasteiger partial charge in [-0.1, -0.05) is 12.5 Å². The topological polar surface area (TPSA) is 96.3 Å². The molecular formula is C24H27FN6O2.